The van der Waals surface area contributed by atoms with Gasteiger partial charge in [0.25, 0.3) is 0 Å². The van der Waals surface area contributed by atoms with Crippen LogP contribution in [-0.4, -0.2) is 57.0 Å². The van der Waals surface area contributed by atoms with Gasteiger partial charge in [-0.25, -0.2) is 0 Å². The highest BCUT2D eigenvalue weighted by atomic mass is 32.2. The third-order valence-corrected chi connectivity index (χ3v) is 7.39. The Balaban J connectivity index is 1.62. The first-order chi connectivity index (χ1) is 13.5. The van der Waals surface area contributed by atoms with Gasteiger partial charge in [0, 0.05) is 43.9 Å². The van der Waals surface area contributed by atoms with Gasteiger partial charge in [0.2, 0.25) is 0 Å². The van der Waals surface area contributed by atoms with Gasteiger partial charge in [0.15, 0.2) is 6.19 Å². The standard InChI is InChI=1S/C20H22N4O3S/c1-27-20-13-17(7-8-19(20)16-5-3-2-4-6-16)23-11-12-24(28(23,25)26)18-9-10-22(14-18)15-21/h2-8,13,18H,9-12,14H2,1H3. The zero-order valence-corrected chi connectivity index (χ0v) is 16.5. The summed E-state index contributed by atoms with van der Waals surface area (Å²) in [5.41, 5.74) is 2.52. The lowest BCUT2D eigenvalue weighted by molar-refractivity contribution is 0.345. The summed E-state index contributed by atoms with van der Waals surface area (Å²) in [6.45, 7) is 1.88. The SMILES string of the molecule is COc1cc(N2CCN(C3CCN(C#N)C3)S2(=O)=O)ccc1-c1ccccc1. The summed E-state index contributed by atoms with van der Waals surface area (Å²) in [6, 6.07) is 15.2. The molecule has 0 saturated carbocycles. The van der Waals surface area contributed by atoms with E-state index in [1.54, 1.807) is 18.1 Å². The minimum atomic E-state index is -3.62. The van der Waals surface area contributed by atoms with Crippen molar-refractivity contribution in [2.24, 2.45) is 0 Å². The Morgan fingerprint density at radius 3 is 2.57 bits per heavy atom. The molecule has 2 aromatic carbocycles. The predicted octanol–water partition coefficient (Wildman–Crippen LogP) is 2.28. The molecule has 2 saturated heterocycles. The zero-order chi connectivity index (χ0) is 19.7. The first kappa shape index (κ1) is 18.6. The van der Waals surface area contributed by atoms with E-state index in [1.165, 1.54) is 8.61 Å². The van der Waals surface area contributed by atoms with Gasteiger partial charge in [-0.3, -0.25) is 4.31 Å². The van der Waals surface area contributed by atoms with Crippen LogP contribution in [0.25, 0.3) is 11.1 Å². The fraction of sp³-hybridized carbons (Fsp3) is 0.350. The third-order valence-electron chi connectivity index (χ3n) is 5.37. The molecular weight excluding hydrogens is 376 g/mol. The average molecular weight is 398 g/mol. The van der Waals surface area contributed by atoms with Crippen molar-refractivity contribution in [3.63, 3.8) is 0 Å². The van der Waals surface area contributed by atoms with Crippen LogP contribution in [-0.2, 0) is 10.2 Å². The maximum absolute atomic E-state index is 13.1. The van der Waals surface area contributed by atoms with Crippen LogP contribution in [0.2, 0.25) is 0 Å². The Hall–Kier alpha value is -2.76. The van der Waals surface area contributed by atoms with Gasteiger partial charge < -0.3 is 9.64 Å². The molecule has 28 heavy (non-hydrogen) atoms. The number of anilines is 1. The Morgan fingerprint density at radius 1 is 1.11 bits per heavy atom. The van der Waals surface area contributed by atoms with E-state index in [4.69, 9.17) is 10.00 Å². The molecule has 146 valence electrons. The number of hydrogen-bond donors (Lipinski definition) is 0. The van der Waals surface area contributed by atoms with Crippen LogP contribution >= 0.6 is 0 Å². The minimum absolute atomic E-state index is 0.153. The van der Waals surface area contributed by atoms with E-state index in [0.29, 0.717) is 44.0 Å². The highest BCUT2D eigenvalue weighted by Crippen LogP contribution is 2.36. The van der Waals surface area contributed by atoms with Crippen molar-refractivity contribution in [3.05, 3.63) is 48.5 Å². The Bertz CT molecular complexity index is 1000. The second kappa shape index (κ2) is 7.34. The molecule has 1 atom stereocenters. The average Bonchev–Trinajstić information content (AvgIpc) is 3.31. The molecular formula is C20H22N4O3S. The normalized spacial score (nSPS) is 21.6. The van der Waals surface area contributed by atoms with Gasteiger partial charge in [-0.1, -0.05) is 30.3 Å². The van der Waals surface area contributed by atoms with Gasteiger partial charge in [-0.05, 0) is 24.1 Å². The Kier molecular flexibility index (Phi) is 4.87. The molecule has 2 aliphatic heterocycles. The number of hydrogen-bond acceptors (Lipinski definition) is 5. The van der Waals surface area contributed by atoms with Crippen LogP contribution in [0, 0.1) is 11.5 Å². The smallest absolute Gasteiger partial charge is 0.304 e. The lowest BCUT2D eigenvalue weighted by Gasteiger charge is -2.24. The molecule has 0 amide bonds. The van der Waals surface area contributed by atoms with Gasteiger partial charge in [-0.2, -0.15) is 18.0 Å². The van der Waals surface area contributed by atoms with Crippen molar-refractivity contribution < 1.29 is 13.2 Å². The monoisotopic (exact) mass is 398 g/mol. The highest BCUT2D eigenvalue weighted by molar-refractivity contribution is 7.90. The molecule has 0 bridgehead atoms. The number of nitriles is 1. The van der Waals surface area contributed by atoms with Crippen molar-refractivity contribution in [1.82, 2.24) is 9.21 Å². The zero-order valence-electron chi connectivity index (χ0n) is 15.7. The van der Waals surface area contributed by atoms with E-state index in [9.17, 15) is 8.42 Å². The van der Waals surface area contributed by atoms with E-state index in [2.05, 4.69) is 6.19 Å². The second-order valence-electron chi connectivity index (χ2n) is 6.93. The fourth-order valence-electron chi connectivity index (χ4n) is 3.94. The largest absolute Gasteiger partial charge is 0.496 e. The molecule has 2 aliphatic rings. The second-order valence-corrected chi connectivity index (χ2v) is 8.74. The van der Waals surface area contributed by atoms with E-state index in [1.807, 2.05) is 42.5 Å². The molecule has 0 aromatic heterocycles. The number of benzene rings is 2. The molecule has 8 heteroatoms. The molecule has 2 aromatic rings. The Labute approximate surface area is 165 Å². The first-order valence-corrected chi connectivity index (χ1v) is 10.6. The summed E-state index contributed by atoms with van der Waals surface area (Å²) in [5.74, 6) is 0.633. The van der Waals surface area contributed by atoms with Crippen molar-refractivity contribution in [1.29, 1.82) is 5.26 Å². The van der Waals surface area contributed by atoms with E-state index in [0.717, 1.165) is 11.1 Å². The molecule has 0 aliphatic carbocycles. The lowest BCUT2D eigenvalue weighted by Crippen LogP contribution is -2.41. The fourth-order valence-corrected chi connectivity index (χ4v) is 5.75. The van der Waals surface area contributed by atoms with Gasteiger partial charge in [0.1, 0.15) is 5.75 Å². The Morgan fingerprint density at radius 2 is 1.89 bits per heavy atom. The maximum Gasteiger partial charge on any atom is 0.304 e. The van der Waals surface area contributed by atoms with Crippen molar-refractivity contribution in [3.8, 4) is 23.1 Å². The lowest BCUT2D eigenvalue weighted by atomic mass is 10.0. The topological polar surface area (TPSA) is 76.9 Å². The highest BCUT2D eigenvalue weighted by Gasteiger charge is 2.43. The van der Waals surface area contributed by atoms with Crippen molar-refractivity contribution >= 4 is 15.9 Å². The molecule has 0 spiro atoms. The predicted molar refractivity (Wildman–Crippen MR) is 107 cm³/mol. The van der Waals surface area contributed by atoms with Crippen molar-refractivity contribution in [2.75, 3.05) is 37.6 Å². The van der Waals surface area contributed by atoms with Crippen LogP contribution in [0.15, 0.2) is 48.5 Å². The minimum Gasteiger partial charge on any atom is -0.496 e. The van der Waals surface area contributed by atoms with Crippen LogP contribution in [0.5, 0.6) is 5.75 Å². The van der Waals surface area contributed by atoms with E-state index < -0.39 is 10.2 Å². The summed E-state index contributed by atoms with van der Waals surface area (Å²) >= 11 is 0. The summed E-state index contributed by atoms with van der Waals surface area (Å²) in [5, 5.41) is 9.05. The molecule has 7 nitrogen and oxygen atoms in total. The molecule has 1 unspecified atom stereocenters. The number of methoxy groups -OCH3 is 1. The number of nitrogens with zero attached hydrogens (tertiary/aromatic N) is 4. The first-order valence-electron chi connectivity index (χ1n) is 9.22. The number of ether oxygens (including phenoxy) is 1. The van der Waals surface area contributed by atoms with E-state index >= 15 is 0 Å². The van der Waals surface area contributed by atoms with Gasteiger partial charge >= 0.3 is 10.2 Å². The summed E-state index contributed by atoms with van der Waals surface area (Å²) in [4.78, 5) is 1.61. The van der Waals surface area contributed by atoms with E-state index in [-0.39, 0.29) is 6.04 Å². The number of likely N-dealkylation sites (tertiary alicyclic amines) is 1. The molecule has 0 N–H and O–H groups in total. The summed E-state index contributed by atoms with van der Waals surface area (Å²) in [7, 11) is -2.03. The van der Waals surface area contributed by atoms with Crippen LogP contribution < -0.4 is 9.04 Å². The molecule has 2 heterocycles. The van der Waals surface area contributed by atoms with Gasteiger partial charge in [0.05, 0.1) is 12.8 Å². The summed E-state index contributed by atoms with van der Waals surface area (Å²) < 4.78 is 34.8. The molecule has 4 rings (SSSR count). The van der Waals surface area contributed by atoms with Gasteiger partial charge in [-0.15, -0.1) is 0 Å². The molecule has 2 fully saturated rings. The molecule has 0 radical (unpaired) electrons. The maximum atomic E-state index is 13.1. The van der Waals surface area contributed by atoms with Crippen LogP contribution in [0.4, 0.5) is 5.69 Å². The van der Waals surface area contributed by atoms with Crippen LogP contribution in [0.1, 0.15) is 6.42 Å². The summed E-state index contributed by atoms with van der Waals surface area (Å²) in [6.07, 6.45) is 2.78. The quantitative estimate of drug-likeness (QED) is 0.739. The van der Waals surface area contributed by atoms with Crippen LogP contribution in [0.3, 0.4) is 0 Å². The number of rotatable bonds is 4. The third kappa shape index (κ3) is 3.17. The van der Waals surface area contributed by atoms with Crippen molar-refractivity contribution in [2.45, 2.75) is 12.5 Å².